The number of rotatable bonds is 5. The predicted molar refractivity (Wildman–Crippen MR) is 71.7 cm³/mol. The Hall–Kier alpha value is -0.390. The second-order valence-corrected chi connectivity index (χ2v) is 6.16. The molecule has 1 heterocycles. The van der Waals surface area contributed by atoms with Crippen molar-refractivity contribution in [3.63, 3.8) is 0 Å². The maximum Gasteiger partial charge on any atom is 0.221 e. The van der Waals surface area contributed by atoms with Crippen LogP contribution < -0.4 is 11.1 Å². The van der Waals surface area contributed by atoms with Crippen LogP contribution in [0.1, 0.15) is 25.1 Å². The highest BCUT2D eigenvalue weighted by Gasteiger charge is 2.22. The van der Waals surface area contributed by atoms with Gasteiger partial charge in [0.15, 0.2) is 0 Å². The second kappa shape index (κ2) is 5.80. The summed E-state index contributed by atoms with van der Waals surface area (Å²) < 4.78 is 1.09. The minimum atomic E-state index is -0.0407. The normalized spacial score (nSPS) is 11.5. The SMILES string of the molecule is CC(C)(CNC(=O)CCN)c1cc(Br)cs1. The number of carbonyl (C=O) groups is 1. The second-order valence-electron chi connectivity index (χ2n) is 4.33. The summed E-state index contributed by atoms with van der Waals surface area (Å²) in [4.78, 5) is 12.6. The third-order valence-electron chi connectivity index (χ3n) is 2.33. The Bertz CT molecular complexity index is 363. The molecule has 0 aliphatic rings. The molecule has 0 unspecified atom stereocenters. The molecule has 0 saturated heterocycles. The summed E-state index contributed by atoms with van der Waals surface area (Å²) in [5, 5.41) is 4.96. The number of hydrogen-bond donors (Lipinski definition) is 2. The first-order valence-corrected chi connectivity index (χ1v) is 6.84. The highest BCUT2D eigenvalue weighted by atomic mass is 79.9. The van der Waals surface area contributed by atoms with Gasteiger partial charge in [0.1, 0.15) is 0 Å². The fraction of sp³-hybridized carbons (Fsp3) is 0.545. The van der Waals surface area contributed by atoms with Gasteiger partial charge in [0.05, 0.1) is 0 Å². The van der Waals surface area contributed by atoms with E-state index < -0.39 is 0 Å². The van der Waals surface area contributed by atoms with Gasteiger partial charge in [-0.3, -0.25) is 4.79 Å². The largest absolute Gasteiger partial charge is 0.355 e. The molecular weight excluding hydrogens is 288 g/mol. The third-order valence-corrected chi connectivity index (χ3v) is 4.39. The van der Waals surface area contributed by atoms with Gasteiger partial charge < -0.3 is 11.1 Å². The van der Waals surface area contributed by atoms with E-state index in [9.17, 15) is 4.79 Å². The molecule has 0 fully saturated rings. The topological polar surface area (TPSA) is 55.1 Å². The highest BCUT2D eigenvalue weighted by molar-refractivity contribution is 9.10. The minimum absolute atomic E-state index is 0.0196. The zero-order chi connectivity index (χ0) is 12.2. The molecule has 16 heavy (non-hydrogen) atoms. The van der Waals surface area contributed by atoms with Crippen LogP contribution in [0.25, 0.3) is 0 Å². The fourth-order valence-electron chi connectivity index (χ4n) is 1.29. The highest BCUT2D eigenvalue weighted by Crippen LogP contribution is 2.30. The first-order chi connectivity index (χ1) is 7.45. The van der Waals surface area contributed by atoms with E-state index in [0.29, 0.717) is 19.5 Å². The van der Waals surface area contributed by atoms with Gasteiger partial charge in [0.25, 0.3) is 0 Å². The molecule has 1 aromatic heterocycles. The van der Waals surface area contributed by atoms with Crippen LogP contribution in [0.4, 0.5) is 0 Å². The van der Waals surface area contributed by atoms with E-state index >= 15 is 0 Å². The zero-order valence-electron chi connectivity index (χ0n) is 9.55. The average Bonchev–Trinajstić information content (AvgIpc) is 2.63. The molecule has 0 radical (unpaired) electrons. The van der Waals surface area contributed by atoms with E-state index in [1.807, 2.05) is 0 Å². The number of amides is 1. The predicted octanol–water partition coefficient (Wildman–Crippen LogP) is 2.25. The first kappa shape index (κ1) is 13.7. The number of hydrogen-bond acceptors (Lipinski definition) is 3. The molecule has 0 aliphatic carbocycles. The molecule has 0 aromatic carbocycles. The molecule has 0 atom stereocenters. The van der Waals surface area contributed by atoms with E-state index in [2.05, 4.69) is 46.5 Å². The molecule has 0 saturated carbocycles. The van der Waals surface area contributed by atoms with Crippen LogP contribution in [0.2, 0.25) is 0 Å². The number of carbonyl (C=O) groups excluding carboxylic acids is 1. The van der Waals surface area contributed by atoms with E-state index in [1.54, 1.807) is 11.3 Å². The van der Waals surface area contributed by atoms with Crippen LogP contribution in [0.3, 0.4) is 0 Å². The smallest absolute Gasteiger partial charge is 0.221 e. The number of nitrogens with two attached hydrogens (primary N) is 1. The van der Waals surface area contributed by atoms with Gasteiger partial charge in [-0.2, -0.15) is 0 Å². The maximum absolute atomic E-state index is 11.3. The summed E-state index contributed by atoms with van der Waals surface area (Å²) >= 11 is 5.13. The van der Waals surface area contributed by atoms with Crippen LogP contribution >= 0.6 is 27.3 Å². The summed E-state index contributed by atoms with van der Waals surface area (Å²) in [6, 6.07) is 2.10. The Labute approximate surface area is 109 Å². The average molecular weight is 305 g/mol. The van der Waals surface area contributed by atoms with Crippen molar-refractivity contribution in [1.82, 2.24) is 5.32 Å². The van der Waals surface area contributed by atoms with Crippen molar-refractivity contribution in [1.29, 1.82) is 0 Å². The number of thiophene rings is 1. The summed E-state index contributed by atoms with van der Waals surface area (Å²) in [5.41, 5.74) is 5.28. The van der Waals surface area contributed by atoms with E-state index in [4.69, 9.17) is 5.73 Å². The van der Waals surface area contributed by atoms with Crippen LogP contribution in [0.5, 0.6) is 0 Å². The van der Waals surface area contributed by atoms with Crippen molar-refractivity contribution in [3.8, 4) is 0 Å². The standard InChI is InChI=1S/C11H17BrN2OS/c1-11(2,7-14-10(15)3-4-13)9-5-8(12)6-16-9/h5-6H,3-4,7,13H2,1-2H3,(H,14,15). The lowest BCUT2D eigenvalue weighted by atomic mass is 9.91. The molecule has 3 nitrogen and oxygen atoms in total. The molecular formula is C11H17BrN2OS. The number of nitrogens with one attached hydrogen (secondary N) is 1. The van der Waals surface area contributed by atoms with Gasteiger partial charge in [-0.25, -0.2) is 0 Å². The van der Waals surface area contributed by atoms with Gasteiger partial charge in [0, 0.05) is 39.7 Å². The van der Waals surface area contributed by atoms with Gasteiger partial charge in [0.2, 0.25) is 5.91 Å². The summed E-state index contributed by atoms with van der Waals surface area (Å²) in [6.07, 6.45) is 0.393. The minimum Gasteiger partial charge on any atom is -0.355 e. The number of halogens is 1. The summed E-state index contributed by atoms with van der Waals surface area (Å²) in [6.45, 7) is 5.28. The maximum atomic E-state index is 11.3. The summed E-state index contributed by atoms with van der Waals surface area (Å²) in [7, 11) is 0. The molecule has 3 N–H and O–H groups in total. The molecule has 1 aromatic rings. The van der Waals surface area contributed by atoms with Crippen molar-refractivity contribution in [2.24, 2.45) is 5.73 Å². The van der Waals surface area contributed by atoms with Crippen molar-refractivity contribution >= 4 is 33.2 Å². The quantitative estimate of drug-likeness (QED) is 0.876. The van der Waals surface area contributed by atoms with Crippen LogP contribution in [-0.2, 0) is 10.2 Å². The Morgan fingerprint density at radius 3 is 2.81 bits per heavy atom. The van der Waals surface area contributed by atoms with E-state index in [0.717, 1.165) is 4.47 Å². The lowest BCUT2D eigenvalue weighted by molar-refractivity contribution is -0.121. The van der Waals surface area contributed by atoms with E-state index in [1.165, 1.54) is 4.88 Å². The molecule has 1 amide bonds. The van der Waals surface area contributed by atoms with Crippen molar-refractivity contribution in [2.45, 2.75) is 25.7 Å². The van der Waals surface area contributed by atoms with E-state index in [-0.39, 0.29) is 11.3 Å². The van der Waals surface area contributed by atoms with Gasteiger partial charge in [-0.05, 0) is 22.0 Å². The van der Waals surface area contributed by atoms with Gasteiger partial charge >= 0.3 is 0 Å². The summed E-state index contributed by atoms with van der Waals surface area (Å²) in [5.74, 6) is 0.0196. The lowest BCUT2D eigenvalue weighted by Gasteiger charge is -2.23. The van der Waals surface area contributed by atoms with Crippen LogP contribution in [0.15, 0.2) is 15.9 Å². The Kier molecular flexibility index (Phi) is 4.95. The molecule has 5 heteroatoms. The Balaban J connectivity index is 2.55. The molecule has 1 rings (SSSR count). The molecule has 0 spiro atoms. The van der Waals surface area contributed by atoms with Crippen molar-refractivity contribution in [2.75, 3.05) is 13.1 Å². The first-order valence-electron chi connectivity index (χ1n) is 5.17. The fourth-order valence-corrected chi connectivity index (χ4v) is 2.85. The third kappa shape index (κ3) is 3.88. The Morgan fingerprint density at radius 1 is 1.62 bits per heavy atom. The monoisotopic (exact) mass is 304 g/mol. The van der Waals surface area contributed by atoms with Crippen LogP contribution in [0, 0.1) is 0 Å². The van der Waals surface area contributed by atoms with Crippen LogP contribution in [-0.4, -0.2) is 19.0 Å². The van der Waals surface area contributed by atoms with Crippen molar-refractivity contribution < 1.29 is 4.79 Å². The molecule has 90 valence electrons. The van der Waals surface area contributed by atoms with Crippen molar-refractivity contribution in [3.05, 3.63) is 20.8 Å². The zero-order valence-corrected chi connectivity index (χ0v) is 12.0. The molecule has 0 aliphatic heterocycles. The lowest BCUT2D eigenvalue weighted by Crippen LogP contribution is -2.36. The Morgan fingerprint density at radius 2 is 2.31 bits per heavy atom. The van der Waals surface area contributed by atoms with Gasteiger partial charge in [-0.1, -0.05) is 13.8 Å². The molecule has 0 bridgehead atoms. The van der Waals surface area contributed by atoms with Gasteiger partial charge in [-0.15, -0.1) is 11.3 Å².